The molecule has 0 saturated carbocycles. The van der Waals surface area contributed by atoms with E-state index in [0.29, 0.717) is 17.2 Å². The highest BCUT2D eigenvalue weighted by Gasteiger charge is 2.32. The minimum absolute atomic E-state index is 0.357. The third-order valence-corrected chi connectivity index (χ3v) is 5.45. The monoisotopic (exact) mass is 275 g/mol. The Hall–Kier alpha value is -1.02. The van der Waals surface area contributed by atoms with Crippen LogP contribution in [0.5, 0.6) is 5.75 Å². The van der Waals surface area contributed by atoms with E-state index >= 15 is 0 Å². The fraction of sp³-hybridized carbons (Fsp3) is 0.667. The molecule has 0 bridgehead atoms. The highest BCUT2D eigenvalue weighted by atomic mass is 16.3. The van der Waals surface area contributed by atoms with Gasteiger partial charge in [-0.15, -0.1) is 0 Å². The van der Waals surface area contributed by atoms with Crippen molar-refractivity contribution in [1.29, 1.82) is 0 Å². The molecule has 20 heavy (non-hydrogen) atoms. The molecule has 1 aromatic carbocycles. The molecule has 1 aromatic rings. The maximum atomic E-state index is 9.34. The van der Waals surface area contributed by atoms with Crippen LogP contribution in [0.2, 0.25) is 0 Å². The molecule has 2 rings (SSSR count). The van der Waals surface area contributed by atoms with Crippen molar-refractivity contribution in [3.63, 3.8) is 0 Å². The summed E-state index contributed by atoms with van der Waals surface area (Å²) in [6.07, 6.45) is 6.42. The van der Waals surface area contributed by atoms with Crippen LogP contribution >= 0.6 is 0 Å². The van der Waals surface area contributed by atoms with E-state index in [1.54, 1.807) is 12.1 Å². The number of rotatable bonds is 5. The van der Waals surface area contributed by atoms with Crippen LogP contribution < -0.4 is 0 Å². The molecule has 2 heteroatoms. The summed E-state index contributed by atoms with van der Waals surface area (Å²) in [4.78, 5) is 2.64. The number of phenolic OH excluding ortho intramolecular Hbond substituents is 1. The fourth-order valence-electron chi connectivity index (χ4n) is 3.50. The second-order valence-corrected chi connectivity index (χ2v) is 6.46. The maximum Gasteiger partial charge on any atom is 0.115 e. The quantitative estimate of drug-likeness (QED) is 0.869. The maximum absolute atomic E-state index is 9.34. The van der Waals surface area contributed by atoms with Crippen LogP contribution in [0.25, 0.3) is 0 Å². The van der Waals surface area contributed by atoms with Gasteiger partial charge in [-0.3, -0.25) is 0 Å². The second kappa shape index (κ2) is 6.62. The first-order valence-electron chi connectivity index (χ1n) is 8.10. The molecule has 0 aromatic heterocycles. The lowest BCUT2D eigenvalue weighted by atomic mass is 9.74. The van der Waals surface area contributed by atoms with Crippen molar-refractivity contribution >= 4 is 0 Å². The number of piperidine rings is 1. The number of benzene rings is 1. The smallest absolute Gasteiger partial charge is 0.115 e. The number of aromatic hydroxyl groups is 1. The molecule has 1 heterocycles. The summed E-state index contributed by atoms with van der Waals surface area (Å²) in [5.41, 5.74) is 1.92. The van der Waals surface area contributed by atoms with Crippen molar-refractivity contribution in [2.45, 2.75) is 58.9 Å². The van der Waals surface area contributed by atoms with E-state index < -0.39 is 0 Å². The van der Waals surface area contributed by atoms with Crippen LogP contribution in [0.15, 0.2) is 24.3 Å². The summed E-state index contributed by atoms with van der Waals surface area (Å²) in [5, 5.41) is 9.34. The summed E-state index contributed by atoms with van der Waals surface area (Å²) < 4.78 is 0. The fourth-order valence-corrected chi connectivity index (χ4v) is 3.50. The number of phenols is 1. The van der Waals surface area contributed by atoms with Gasteiger partial charge in [0.2, 0.25) is 0 Å². The normalized spacial score (nSPS) is 20.8. The Morgan fingerprint density at radius 2 is 1.65 bits per heavy atom. The Bertz CT molecular complexity index is 398. The third-order valence-electron chi connectivity index (χ3n) is 5.45. The Morgan fingerprint density at radius 1 is 1.10 bits per heavy atom. The van der Waals surface area contributed by atoms with Crippen LogP contribution in [0, 0.1) is 5.41 Å². The Kier molecular flexibility index (Phi) is 5.09. The largest absolute Gasteiger partial charge is 0.508 e. The van der Waals surface area contributed by atoms with Crippen LogP contribution in [-0.4, -0.2) is 29.1 Å². The lowest BCUT2D eigenvalue weighted by Crippen LogP contribution is -2.44. The van der Waals surface area contributed by atoms with E-state index in [9.17, 15) is 5.11 Å². The zero-order valence-electron chi connectivity index (χ0n) is 13.2. The molecule has 0 radical (unpaired) electrons. The van der Waals surface area contributed by atoms with Crippen molar-refractivity contribution in [1.82, 2.24) is 4.90 Å². The van der Waals surface area contributed by atoms with Gasteiger partial charge in [0.25, 0.3) is 0 Å². The summed E-state index contributed by atoms with van der Waals surface area (Å²) in [7, 11) is 0. The zero-order chi connectivity index (χ0) is 14.6. The van der Waals surface area contributed by atoms with Gasteiger partial charge in [-0.25, -0.2) is 0 Å². The van der Waals surface area contributed by atoms with Crippen molar-refractivity contribution in [3.05, 3.63) is 29.8 Å². The molecule has 1 saturated heterocycles. The van der Waals surface area contributed by atoms with E-state index in [0.717, 1.165) is 6.42 Å². The van der Waals surface area contributed by atoms with Gasteiger partial charge in [0, 0.05) is 6.04 Å². The standard InChI is InChI=1S/C18H29NO/c1-4-18(5-2)10-12-19(13-11-18)15(3)14-16-6-8-17(20)9-7-16/h6-9,15,20H,4-5,10-14H2,1-3H3. The average molecular weight is 275 g/mol. The van der Waals surface area contributed by atoms with Gasteiger partial charge in [0.1, 0.15) is 5.75 Å². The van der Waals surface area contributed by atoms with Crippen LogP contribution in [0.1, 0.15) is 52.0 Å². The van der Waals surface area contributed by atoms with Gasteiger partial charge >= 0.3 is 0 Å². The molecule has 1 aliphatic rings. The summed E-state index contributed by atoms with van der Waals surface area (Å²) in [5.74, 6) is 0.357. The Labute approximate surface area is 123 Å². The molecule has 112 valence electrons. The molecule has 0 spiro atoms. The molecular formula is C18H29NO. The van der Waals surface area contributed by atoms with Crippen molar-refractivity contribution in [2.24, 2.45) is 5.41 Å². The molecule has 1 N–H and O–H groups in total. The molecule has 0 aliphatic carbocycles. The van der Waals surface area contributed by atoms with E-state index in [2.05, 4.69) is 25.7 Å². The zero-order valence-corrected chi connectivity index (χ0v) is 13.2. The van der Waals surface area contributed by atoms with E-state index in [1.807, 2.05) is 12.1 Å². The van der Waals surface area contributed by atoms with Gasteiger partial charge < -0.3 is 10.0 Å². The third kappa shape index (κ3) is 3.54. The lowest BCUT2D eigenvalue weighted by Gasteiger charge is -2.43. The van der Waals surface area contributed by atoms with Crippen molar-refractivity contribution in [2.75, 3.05) is 13.1 Å². The topological polar surface area (TPSA) is 23.5 Å². The SMILES string of the molecule is CCC1(CC)CCN(C(C)Cc2ccc(O)cc2)CC1. The molecule has 2 nitrogen and oxygen atoms in total. The van der Waals surface area contributed by atoms with Gasteiger partial charge in [-0.1, -0.05) is 38.8 Å². The minimum atomic E-state index is 0.357. The van der Waals surface area contributed by atoms with Crippen molar-refractivity contribution in [3.8, 4) is 5.75 Å². The molecular weight excluding hydrogens is 246 g/mol. The van der Waals surface area contributed by atoms with Crippen LogP contribution in [0.4, 0.5) is 0 Å². The van der Waals surface area contributed by atoms with E-state index in [1.165, 1.54) is 44.3 Å². The summed E-state index contributed by atoms with van der Waals surface area (Å²) in [6, 6.07) is 8.25. The Morgan fingerprint density at radius 3 is 2.15 bits per heavy atom. The van der Waals surface area contributed by atoms with Gasteiger partial charge in [0.05, 0.1) is 0 Å². The number of hydrogen-bond acceptors (Lipinski definition) is 2. The van der Waals surface area contributed by atoms with Crippen LogP contribution in [0.3, 0.4) is 0 Å². The van der Waals surface area contributed by atoms with E-state index in [4.69, 9.17) is 0 Å². The number of nitrogens with zero attached hydrogens (tertiary/aromatic N) is 1. The molecule has 1 aliphatic heterocycles. The molecule has 1 unspecified atom stereocenters. The second-order valence-electron chi connectivity index (χ2n) is 6.46. The number of likely N-dealkylation sites (tertiary alicyclic amines) is 1. The molecule has 0 amide bonds. The van der Waals surface area contributed by atoms with Gasteiger partial charge in [-0.05, 0) is 62.4 Å². The highest BCUT2D eigenvalue weighted by molar-refractivity contribution is 5.26. The molecule has 1 atom stereocenters. The predicted octanol–water partition coefficient (Wildman–Crippen LogP) is 4.23. The van der Waals surface area contributed by atoms with Crippen molar-refractivity contribution < 1.29 is 5.11 Å². The first-order valence-corrected chi connectivity index (χ1v) is 8.10. The number of hydrogen-bond donors (Lipinski definition) is 1. The highest BCUT2D eigenvalue weighted by Crippen LogP contribution is 2.38. The average Bonchev–Trinajstić information content (AvgIpc) is 2.49. The molecule has 1 fully saturated rings. The predicted molar refractivity (Wildman–Crippen MR) is 85.1 cm³/mol. The van der Waals surface area contributed by atoms with Gasteiger partial charge in [0.15, 0.2) is 0 Å². The summed E-state index contributed by atoms with van der Waals surface area (Å²) in [6.45, 7) is 9.50. The minimum Gasteiger partial charge on any atom is -0.508 e. The first-order chi connectivity index (χ1) is 9.58. The first kappa shape index (κ1) is 15.4. The lowest BCUT2D eigenvalue weighted by molar-refractivity contribution is 0.0712. The van der Waals surface area contributed by atoms with E-state index in [-0.39, 0.29) is 0 Å². The summed E-state index contributed by atoms with van der Waals surface area (Å²) >= 11 is 0. The van der Waals surface area contributed by atoms with Crippen LogP contribution in [-0.2, 0) is 6.42 Å². The van der Waals surface area contributed by atoms with Gasteiger partial charge in [-0.2, -0.15) is 0 Å². The Balaban J connectivity index is 1.88.